The van der Waals surface area contributed by atoms with Crippen LogP contribution in [0, 0.1) is 5.82 Å². The van der Waals surface area contributed by atoms with E-state index in [-0.39, 0.29) is 28.4 Å². The number of carbonyl (C=O) groups excluding carboxylic acids is 2. The summed E-state index contributed by atoms with van der Waals surface area (Å²) >= 11 is 4.03. The Bertz CT molecular complexity index is 916. The predicted molar refractivity (Wildman–Crippen MR) is 115 cm³/mol. The number of ether oxygens (including phenoxy) is 1. The van der Waals surface area contributed by atoms with Crippen molar-refractivity contribution in [3.05, 3.63) is 34.2 Å². The zero-order chi connectivity index (χ0) is 22.6. The second kappa shape index (κ2) is 12.7. The molecule has 0 bridgehead atoms. The third kappa shape index (κ3) is 7.08. The van der Waals surface area contributed by atoms with Crippen LogP contribution in [0.1, 0.15) is 12.6 Å². The number of amidine groups is 1. The molecule has 1 heterocycles. The number of halogens is 2. The normalized spacial score (nSPS) is 11.0. The van der Waals surface area contributed by atoms with Gasteiger partial charge in [0, 0.05) is 25.2 Å². The first-order chi connectivity index (χ1) is 15.0. The Balaban J connectivity index is 2.05. The fourth-order valence-electron chi connectivity index (χ4n) is 2.13. The number of anilines is 2. The molecule has 0 aliphatic heterocycles. The summed E-state index contributed by atoms with van der Waals surface area (Å²) in [6.45, 7) is 2.73. The number of benzene rings is 1. The third-order valence-electron chi connectivity index (χ3n) is 3.39. The summed E-state index contributed by atoms with van der Waals surface area (Å²) in [6.07, 6.45) is -0.0901. The summed E-state index contributed by atoms with van der Waals surface area (Å²) in [5.41, 5.74) is 0.392. The van der Waals surface area contributed by atoms with Crippen molar-refractivity contribution in [3.63, 3.8) is 0 Å². The molecule has 0 fully saturated rings. The average molecular weight is 520 g/mol. The molecule has 3 N–H and O–H groups in total. The molecule has 0 aliphatic carbocycles. The van der Waals surface area contributed by atoms with Crippen LogP contribution in [-0.2, 0) is 14.4 Å². The van der Waals surface area contributed by atoms with E-state index in [1.54, 1.807) is 6.92 Å². The van der Waals surface area contributed by atoms with Crippen LogP contribution in [0.2, 0.25) is 0 Å². The van der Waals surface area contributed by atoms with E-state index in [1.165, 1.54) is 25.3 Å². The molecule has 2 aromatic rings. The van der Waals surface area contributed by atoms with E-state index in [0.29, 0.717) is 25.2 Å². The summed E-state index contributed by atoms with van der Waals surface area (Å²) in [6, 6.07) is 3.97. The quantitative estimate of drug-likeness (QED) is 0.101. The van der Waals surface area contributed by atoms with Crippen LogP contribution in [0.25, 0.3) is 0 Å². The molecule has 0 aliphatic rings. The van der Waals surface area contributed by atoms with Gasteiger partial charge in [-0.25, -0.2) is 18.5 Å². The number of rotatable bonds is 11. The Morgan fingerprint density at radius 1 is 1.42 bits per heavy atom. The van der Waals surface area contributed by atoms with Gasteiger partial charge >= 0.3 is 6.09 Å². The highest BCUT2D eigenvalue weighted by Crippen LogP contribution is 2.25. The van der Waals surface area contributed by atoms with Gasteiger partial charge in [0.2, 0.25) is 18.1 Å². The number of hydrogen-bond acceptors (Lipinski definition) is 11. The SMILES string of the molecule is CCOC(=O)NSNCCNc1nonc1/C(=N/OC)N(C=O)c1ccc(F)c(Br)c1. The molecule has 0 saturated carbocycles. The van der Waals surface area contributed by atoms with Crippen LogP contribution in [0.4, 0.5) is 20.7 Å². The largest absolute Gasteiger partial charge is 0.449 e. The molecule has 31 heavy (non-hydrogen) atoms. The van der Waals surface area contributed by atoms with Crippen LogP contribution in [0.5, 0.6) is 0 Å². The average Bonchev–Trinajstić information content (AvgIpc) is 3.21. The van der Waals surface area contributed by atoms with E-state index < -0.39 is 11.9 Å². The number of aromatic nitrogens is 2. The lowest BCUT2D eigenvalue weighted by Crippen LogP contribution is -2.32. The number of hydrogen-bond donors (Lipinski definition) is 3. The van der Waals surface area contributed by atoms with Gasteiger partial charge < -0.3 is 14.9 Å². The Labute approximate surface area is 189 Å². The van der Waals surface area contributed by atoms with Crippen LogP contribution >= 0.6 is 28.1 Å². The molecule has 1 aromatic carbocycles. The first kappa shape index (κ1) is 24.4. The zero-order valence-corrected chi connectivity index (χ0v) is 18.8. The summed E-state index contributed by atoms with van der Waals surface area (Å²) in [5.74, 6) is -0.340. The van der Waals surface area contributed by atoms with E-state index in [2.05, 4.69) is 46.2 Å². The molecule has 1 aromatic heterocycles. The van der Waals surface area contributed by atoms with E-state index in [0.717, 1.165) is 17.0 Å². The summed E-state index contributed by atoms with van der Waals surface area (Å²) < 4.78 is 28.5. The van der Waals surface area contributed by atoms with Crippen LogP contribution in [0.15, 0.2) is 32.5 Å². The van der Waals surface area contributed by atoms with E-state index in [1.807, 2.05) is 0 Å². The predicted octanol–water partition coefficient (Wildman–Crippen LogP) is 2.25. The fourth-order valence-corrected chi connectivity index (χ4v) is 2.91. The van der Waals surface area contributed by atoms with Gasteiger partial charge in [-0.2, -0.15) is 0 Å². The number of amides is 2. The van der Waals surface area contributed by atoms with Gasteiger partial charge in [0.05, 0.1) is 16.8 Å². The van der Waals surface area contributed by atoms with Crippen molar-refractivity contribution in [2.24, 2.45) is 5.16 Å². The van der Waals surface area contributed by atoms with E-state index in [9.17, 15) is 14.0 Å². The Hall–Kier alpha value is -2.91. The minimum atomic E-state index is -0.558. The second-order valence-corrected chi connectivity index (χ2v) is 6.93. The molecule has 2 rings (SSSR count). The number of nitrogens with one attached hydrogen (secondary N) is 3. The lowest BCUT2D eigenvalue weighted by molar-refractivity contribution is -0.106. The van der Waals surface area contributed by atoms with Gasteiger partial charge in [-0.15, -0.1) is 0 Å². The number of oxime groups is 1. The van der Waals surface area contributed by atoms with Crippen molar-refractivity contribution >= 4 is 57.9 Å². The molecule has 0 unspecified atom stereocenters. The van der Waals surface area contributed by atoms with Crippen LogP contribution in [-0.4, -0.2) is 55.5 Å². The highest BCUT2D eigenvalue weighted by Gasteiger charge is 2.25. The van der Waals surface area contributed by atoms with Crippen molar-refractivity contribution in [2.45, 2.75) is 6.92 Å². The van der Waals surface area contributed by atoms with Crippen molar-refractivity contribution in [1.29, 1.82) is 0 Å². The van der Waals surface area contributed by atoms with Gasteiger partial charge in [-0.1, -0.05) is 5.16 Å². The molecule has 12 nitrogen and oxygen atoms in total. The molecule has 2 amide bonds. The Morgan fingerprint density at radius 3 is 2.90 bits per heavy atom. The van der Waals surface area contributed by atoms with E-state index in [4.69, 9.17) is 14.2 Å². The van der Waals surface area contributed by atoms with Gasteiger partial charge in [0.25, 0.3) is 0 Å². The van der Waals surface area contributed by atoms with Gasteiger partial charge in [0.15, 0.2) is 5.69 Å². The molecule has 0 spiro atoms. The van der Waals surface area contributed by atoms with Crippen molar-refractivity contribution in [1.82, 2.24) is 19.8 Å². The van der Waals surface area contributed by atoms with Crippen molar-refractivity contribution in [3.8, 4) is 0 Å². The maximum absolute atomic E-state index is 13.6. The maximum atomic E-state index is 13.6. The molecular weight excluding hydrogens is 501 g/mol. The molecular formula is C16H19BrFN7O5S. The molecule has 0 saturated heterocycles. The minimum absolute atomic E-state index is 0.0360. The van der Waals surface area contributed by atoms with E-state index >= 15 is 0 Å². The van der Waals surface area contributed by atoms with Gasteiger partial charge in [-0.05, 0) is 51.4 Å². The van der Waals surface area contributed by atoms with Crippen LogP contribution < -0.4 is 19.7 Å². The minimum Gasteiger partial charge on any atom is -0.449 e. The standard InChI is InChI=1S/C16H19BrFN7O5S/c1-3-29-16(27)24-31-20-7-6-19-14-13(21-30-22-14)15(23-28-2)25(9-26)10-4-5-12(18)11(17)8-10/h4-5,8-9,20H,3,6-7H2,1-2H3,(H,19,22)(H,24,27)/b23-15-. The molecule has 168 valence electrons. The van der Waals surface area contributed by atoms with Gasteiger partial charge in [0.1, 0.15) is 12.9 Å². The highest BCUT2D eigenvalue weighted by molar-refractivity contribution is 9.10. The maximum Gasteiger partial charge on any atom is 0.418 e. The van der Waals surface area contributed by atoms with Crippen molar-refractivity contribution < 1.29 is 28.2 Å². The van der Waals surface area contributed by atoms with Crippen molar-refractivity contribution in [2.75, 3.05) is 37.0 Å². The Morgan fingerprint density at radius 2 is 2.23 bits per heavy atom. The third-order valence-corrected chi connectivity index (χ3v) is 4.62. The highest BCUT2D eigenvalue weighted by atomic mass is 79.9. The smallest absolute Gasteiger partial charge is 0.418 e. The number of carbonyl (C=O) groups is 2. The lowest BCUT2D eigenvalue weighted by atomic mass is 10.2. The molecule has 0 radical (unpaired) electrons. The lowest BCUT2D eigenvalue weighted by Gasteiger charge is -2.18. The van der Waals surface area contributed by atoms with Crippen LogP contribution in [0.3, 0.4) is 0 Å². The first-order valence-corrected chi connectivity index (χ1v) is 10.3. The first-order valence-electron chi connectivity index (χ1n) is 8.70. The summed E-state index contributed by atoms with van der Waals surface area (Å²) in [7, 11) is 1.29. The summed E-state index contributed by atoms with van der Waals surface area (Å²) in [5, 5.41) is 14.3. The van der Waals surface area contributed by atoms with Gasteiger partial charge in [-0.3, -0.25) is 14.4 Å². The summed E-state index contributed by atoms with van der Waals surface area (Å²) in [4.78, 5) is 28.9. The molecule has 0 atom stereocenters. The topological polar surface area (TPSA) is 143 Å². The molecule has 15 heteroatoms. The Kier molecular flexibility index (Phi) is 9.99. The second-order valence-electron chi connectivity index (χ2n) is 5.38. The monoisotopic (exact) mass is 519 g/mol. The number of nitrogens with zero attached hydrogens (tertiary/aromatic N) is 4. The zero-order valence-electron chi connectivity index (χ0n) is 16.4. The fraction of sp³-hybridized carbons (Fsp3) is 0.312.